The zero-order valence-corrected chi connectivity index (χ0v) is 33.3. The molecule has 4 heterocycles. The topological polar surface area (TPSA) is 67.3 Å². The molecule has 0 amide bonds. The molecule has 0 unspecified atom stereocenters. The molecule has 0 atom stereocenters. The number of nitrogens with zero attached hydrogens (tertiary/aromatic N) is 6. The Hall–Kier alpha value is -8.27. The average Bonchev–Trinajstić information content (AvgIpc) is 4.00. The summed E-state index contributed by atoms with van der Waals surface area (Å²) in [7, 11) is 4.04. The highest BCUT2D eigenvalue weighted by Gasteiger charge is 2.36. The Balaban J connectivity index is 1.34. The molecule has 62 heavy (non-hydrogen) atoms. The third-order valence-electron chi connectivity index (χ3n) is 12.9. The van der Waals surface area contributed by atoms with Gasteiger partial charge in [0, 0.05) is 73.8 Å². The third kappa shape index (κ3) is 4.62. The van der Waals surface area contributed by atoms with Crippen molar-refractivity contribution in [3.63, 3.8) is 0 Å². The van der Waals surface area contributed by atoms with E-state index in [1.54, 1.807) is 12.1 Å². The number of hydrogen-bond acceptors (Lipinski definition) is 2. The molecular weight excluding hydrogens is 778 g/mol. The second-order valence-corrected chi connectivity index (χ2v) is 15.9. The summed E-state index contributed by atoms with van der Waals surface area (Å²) in [5.74, 6) is 0. The van der Waals surface area contributed by atoms with Gasteiger partial charge in [0.15, 0.2) is 0 Å². The Morgan fingerprint density at radius 3 is 1.26 bits per heavy atom. The van der Waals surface area contributed by atoms with Gasteiger partial charge in [-0.2, -0.15) is 23.7 Å². The number of fused-ring (bicyclic) bond motifs is 14. The normalized spacial score (nSPS) is 12.2. The van der Waals surface area contributed by atoms with Crippen molar-refractivity contribution in [3.8, 4) is 34.6 Å². The molecule has 9 heteroatoms. The molecule has 12 rings (SSSR count). The molecule has 0 saturated carbocycles. The van der Waals surface area contributed by atoms with Crippen LogP contribution in [0.1, 0.15) is 16.7 Å². The van der Waals surface area contributed by atoms with Crippen molar-refractivity contribution < 1.29 is 13.2 Å². The van der Waals surface area contributed by atoms with Crippen molar-refractivity contribution >= 4 is 87.2 Å². The lowest BCUT2D eigenvalue weighted by Gasteiger charge is -2.21. The lowest BCUT2D eigenvalue weighted by Crippen LogP contribution is -2.10. The van der Waals surface area contributed by atoms with Gasteiger partial charge in [0.2, 0.25) is 0 Å². The summed E-state index contributed by atoms with van der Waals surface area (Å²) in [4.78, 5) is 0. The van der Waals surface area contributed by atoms with E-state index in [-0.39, 0.29) is 22.3 Å². The monoisotopic (exact) mass is 808 g/mol. The summed E-state index contributed by atoms with van der Waals surface area (Å²) in [6.45, 7) is 0. The van der Waals surface area contributed by atoms with Crippen molar-refractivity contribution in [2.75, 3.05) is 0 Å². The van der Waals surface area contributed by atoms with Gasteiger partial charge in [-0.1, -0.05) is 103 Å². The molecule has 0 saturated heterocycles. The highest BCUT2D eigenvalue weighted by molar-refractivity contribution is 6.25. The van der Waals surface area contributed by atoms with E-state index >= 15 is 13.2 Å². The number of nitriles is 2. The van der Waals surface area contributed by atoms with E-state index in [0.29, 0.717) is 11.4 Å². The van der Waals surface area contributed by atoms with Gasteiger partial charge in [-0.3, -0.25) is 0 Å². The fourth-order valence-corrected chi connectivity index (χ4v) is 10.3. The second-order valence-electron chi connectivity index (χ2n) is 15.9. The number of para-hydroxylation sites is 4. The molecular formula is C53H31F3N6. The Kier molecular flexibility index (Phi) is 7.26. The van der Waals surface area contributed by atoms with Gasteiger partial charge in [-0.25, -0.2) is 0 Å². The van der Waals surface area contributed by atoms with Gasteiger partial charge in [-0.05, 0) is 54.1 Å². The Morgan fingerprint density at radius 1 is 0.435 bits per heavy atom. The SMILES string of the molecule is Cn1c2ccccc2c2ccc3c4ccccc4n(-c4cc(-c5c(C#N)cccc5C(F)(F)F)cc(-n5c6ccccc6c6ccc7c8ccccc8n(C)c7c65)c4C#N)c3c21. The molecule has 0 radical (unpaired) electrons. The van der Waals surface area contributed by atoms with Gasteiger partial charge in [0.1, 0.15) is 11.6 Å². The quantitative estimate of drug-likeness (QED) is 0.178. The van der Waals surface area contributed by atoms with Gasteiger partial charge in [-0.15, -0.1) is 0 Å². The first kappa shape index (κ1) is 35.7. The molecule has 294 valence electrons. The highest BCUT2D eigenvalue weighted by Crippen LogP contribution is 2.47. The van der Waals surface area contributed by atoms with E-state index in [9.17, 15) is 10.5 Å². The zero-order chi connectivity index (χ0) is 42.2. The van der Waals surface area contributed by atoms with E-state index in [0.717, 1.165) is 93.3 Å². The van der Waals surface area contributed by atoms with E-state index in [1.165, 1.54) is 12.1 Å². The van der Waals surface area contributed by atoms with Crippen LogP contribution < -0.4 is 0 Å². The molecule has 0 spiro atoms. The number of halogens is 3. The van der Waals surface area contributed by atoms with E-state index < -0.39 is 11.7 Å². The first-order valence-electron chi connectivity index (χ1n) is 20.2. The predicted molar refractivity (Wildman–Crippen MR) is 243 cm³/mol. The van der Waals surface area contributed by atoms with Gasteiger partial charge in [0.05, 0.1) is 61.7 Å². The smallest absolute Gasteiger partial charge is 0.342 e. The highest BCUT2D eigenvalue weighted by atomic mass is 19.4. The molecule has 0 aliphatic rings. The van der Waals surface area contributed by atoms with Crippen LogP contribution >= 0.6 is 0 Å². The molecule has 0 fully saturated rings. The van der Waals surface area contributed by atoms with Gasteiger partial charge < -0.3 is 18.3 Å². The van der Waals surface area contributed by atoms with Crippen LogP contribution in [0.5, 0.6) is 0 Å². The maximum atomic E-state index is 15.2. The van der Waals surface area contributed by atoms with E-state index in [2.05, 4.69) is 69.8 Å². The molecule has 8 aromatic carbocycles. The van der Waals surface area contributed by atoms with Crippen LogP contribution in [-0.4, -0.2) is 18.3 Å². The number of aryl methyl sites for hydroxylation is 2. The first-order chi connectivity index (χ1) is 30.2. The number of aromatic nitrogens is 4. The summed E-state index contributed by atoms with van der Waals surface area (Å²) in [5, 5.41) is 30.0. The van der Waals surface area contributed by atoms with E-state index in [1.807, 2.05) is 96.0 Å². The molecule has 12 aromatic rings. The fourth-order valence-electron chi connectivity index (χ4n) is 10.3. The largest absolute Gasteiger partial charge is 0.417 e. The summed E-state index contributed by atoms with van der Waals surface area (Å²) in [6.07, 6.45) is -4.79. The minimum atomic E-state index is -4.79. The molecule has 6 nitrogen and oxygen atoms in total. The molecule has 0 aliphatic heterocycles. The van der Waals surface area contributed by atoms with Crippen LogP contribution in [0.4, 0.5) is 13.2 Å². The maximum Gasteiger partial charge on any atom is 0.417 e. The van der Waals surface area contributed by atoms with Crippen LogP contribution in [0.2, 0.25) is 0 Å². The van der Waals surface area contributed by atoms with Crippen LogP contribution in [0.3, 0.4) is 0 Å². The van der Waals surface area contributed by atoms with E-state index in [4.69, 9.17) is 0 Å². The fraction of sp³-hybridized carbons (Fsp3) is 0.0566. The zero-order valence-electron chi connectivity index (χ0n) is 33.3. The van der Waals surface area contributed by atoms with Crippen molar-refractivity contribution in [3.05, 3.63) is 168 Å². The number of benzene rings is 8. The van der Waals surface area contributed by atoms with Crippen molar-refractivity contribution in [1.82, 2.24) is 18.3 Å². The lowest BCUT2D eigenvalue weighted by molar-refractivity contribution is -0.137. The van der Waals surface area contributed by atoms with Crippen LogP contribution in [0.15, 0.2) is 152 Å². The third-order valence-corrected chi connectivity index (χ3v) is 12.9. The van der Waals surface area contributed by atoms with Crippen molar-refractivity contribution in [2.45, 2.75) is 6.18 Å². The Bertz CT molecular complexity index is 3810. The van der Waals surface area contributed by atoms with Crippen molar-refractivity contribution in [2.24, 2.45) is 14.1 Å². The second kappa shape index (κ2) is 12.6. The van der Waals surface area contributed by atoms with Crippen LogP contribution in [0.25, 0.3) is 110 Å². The number of rotatable bonds is 3. The minimum absolute atomic E-state index is 0.127. The number of hydrogen-bond donors (Lipinski definition) is 0. The molecule has 0 bridgehead atoms. The Morgan fingerprint density at radius 2 is 0.839 bits per heavy atom. The predicted octanol–water partition coefficient (Wildman–Crippen LogP) is 13.6. The molecule has 4 aromatic heterocycles. The molecule has 0 aliphatic carbocycles. The summed E-state index contributed by atoms with van der Waals surface area (Å²) < 4.78 is 54.1. The summed E-state index contributed by atoms with van der Waals surface area (Å²) in [5.41, 5.74) is 6.93. The lowest BCUT2D eigenvalue weighted by atomic mass is 9.92. The summed E-state index contributed by atoms with van der Waals surface area (Å²) >= 11 is 0. The first-order valence-corrected chi connectivity index (χ1v) is 20.2. The number of alkyl halides is 3. The summed E-state index contributed by atoms with van der Waals surface area (Å²) in [6, 6.07) is 52.3. The Labute approximate surface area is 351 Å². The minimum Gasteiger partial charge on any atom is -0.342 e. The van der Waals surface area contributed by atoms with Crippen LogP contribution in [-0.2, 0) is 20.3 Å². The maximum absolute atomic E-state index is 15.2. The standard InChI is InChI=1S/C53H31F3N6/c1-59-42-18-7-3-13-32(42)36-22-24-38-34-15-5-9-20-44(34)61(51(38)49(36)59)46-26-31(48-30(28-57)12-11-17-41(48)53(54,55)56)27-47(40(46)29-58)62-45-21-10-6-16-35(45)39-25-23-37-33-14-4-8-19-43(33)60(2)50(37)52(39)62/h3-27H,1-2H3. The van der Waals surface area contributed by atoms with Crippen LogP contribution in [0, 0.1) is 22.7 Å². The molecule has 0 N–H and O–H groups in total. The average molecular weight is 809 g/mol. The van der Waals surface area contributed by atoms with Gasteiger partial charge in [0.25, 0.3) is 0 Å². The van der Waals surface area contributed by atoms with Crippen molar-refractivity contribution in [1.29, 1.82) is 10.5 Å². The van der Waals surface area contributed by atoms with Gasteiger partial charge >= 0.3 is 6.18 Å².